The highest BCUT2D eigenvalue weighted by Crippen LogP contribution is 2.34. The molecule has 2 heterocycles. The molecule has 2 aromatic carbocycles. The van der Waals surface area contributed by atoms with Crippen molar-refractivity contribution >= 4 is 35.3 Å². The van der Waals surface area contributed by atoms with Crippen molar-refractivity contribution in [3.63, 3.8) is 0 Å². The minimum Gasteiger partial charge on any atom is -0.587 e. The average molecular weight is 442 g/mol. The molecule has 1 radical (unpaired) electrons. The summed E-state index contributed by atoms with van der Waals surface area (Å²) in [6.07, 6.45) is 3.24. The fourth-order valence-electron chi connectivity index (χ4n) is 3.43. The Hall–Kier alpha value is -3.25. The number of hydrogen-bond donors (Lipinski definition) is 1. The third-order valence-corrected chi connectivity index (χ3v) is 6.27. The highest BCUT2D eigenvalue weighted by atomic mass is 32.2. The van der Waals surface area contributed by atoms with E-state index in [0.717, 1.165) is 29.6 Å². The second-order valence-electron chi connectivity index (χ2n) is 7.69. The molecule has 8 heteroatoms. The minimum atomic E-state index is -1.52. The lowest BCUT2D eigenvalue weighted by Crippen LogP contribution is -2.16. The summed E-state index contributed by atoms with van der Waals surface area (Å²) in [7, 11) is 0.977. The number of rotatable bonds is 6. The van der Waals surface area contributed by atoms with Crippen LogP contribution in [0.4, 0.5) is 0 Å². The van der Waals surface area contributed by atoms with Crippen LogP contribution in [0.25, 0.3) is 22.2 Å². The van der Waals surface area contributed by atoms with Crippen LogP contribution < -0.4 is 10.2 Å². The molecule has 0 saturated heterocycles. The maximum absolute atomic E-state index is 13.4. The highest BCUT2D eigenvalue weighted by Gasteiger charge is 2.22. The number of ether oxygens (including phenoxy) is 1. The van der Waals surface area contributed by atoms with Gasteiger partial charge in [-0.3, -0.25) is 0 Å². The molecule has 0 aliphatic carbocycles. The van der Waals surface area contributed by atoms with Gasteiger partial charge < -0.3 is 14.3 Å². The minimum absolute atomic E-state index is 0.0568. The van der Waals surface area contributed by atoms with Gasteiger partial charge in [-0.15, -0.1) is 3.97 Å². The average Bonchev–Trinajstić information content (AvgIpc) is 3.17. The molecule has 1 atom stereocenters. The van der Waals surface area contributed by atoms with Crippen molar-refractivity contribution in [3.05, 3.63) is 72.1 Å². The van der Waals surface area contributed by atoms with Crippen molar-refractivity contribution in [2.75, 3.05) is 0 Å². The van der Waals surface area contributed by atoms with Crippen LogP contribution in [0.15, 0.2) is 65.8 Å². The van der Waals surface area contributed by atoms with Crippen LogP contribution in [0, 0.1) is 18.3 Å². The van der Waals surface area contributed by atoms with E-state index in [2.05, 4.69) is 11.1 Å². The van der Waals surface area contributed by atoms with Gasteiger partial charge in [-0.1, -0.05) is 29.8 Å². The molecule has 1 unspecified atom stereocenters. The Bertz CT molecular complexity index is 1310. The van der Waals surface area contributed by atoms with E-state index >= 15 is 0 Å². The Morgan fingerprint density at radius 2 is 1.94 bits per heavy atom. The highest BCUT2D eigenvalue weighted by molar-refractivity contribution is 7.90. The third kappa shape index (κ3) is 4.23. The summed E-state index contributed by atoms with van der Waals surface area (Å²) >= 11 is -1.52. The number of aromatic nitrogens is 2. The molecule has 0 bridgehead atoms. The number of benzene rings is 2. The van der Waals surface area contributed by atoms with E-state index in [1.165, 1.54) is 6.20 Å². The van der Waals surface area contributed by atoms with Gasteiger partial charge in [0.2, 0.25) is 0 Å². The van der Waals surface area contributed by atoms with Crippen molar-refractivity contribution in [1.82, 2.24) is 8.96 Å². The Morgan fingerprint density at radius 3 is 2.59 bits per heavy atom. The quantitative estimate of drug-likeness (QED) is 0.365. The lowest BCUT2D eigenvalue weighted by atomic mass is 9.89. The van der Waals surface area contributed by atoms with Crippen molar-refractivity contribution in [2.45, 2.75) is 31.8 Å². The Kier molecular flexibility index (Phi) is 6.24. The first kappa shape index (κ1) is 22.0. The number of pyridine rings is 1. The normalized spacial score (nSPS) is 12.0. The standard InChI is InChI=1S/C24H21BN3O3S/c1-15(2)31-23-9-6-17(10-18(23)12-26)22-14-28(24-21(22)11-19(25-29)13-27-24)32(30)20-7-4-16(3)5-8-20/h4-11,13-15,29H,1-3H3. The van der Waals surface area contributed by atoms with Crippen molar-refractivity contribution in [2.24, 2.45) is 0 Å². The van der Waals surface area contributed by atoms with Crippen molar-refractivity contribution in [3.8, 4) is 22.9 Å². The van der Waals surface area contributed by atoms with Crippen LogP contribution in [0.2, 0.25) is 0 Å². The van der Waals surface area contributed by atoms with E-state index in [1.807, 2.05) is 51.1 Å². The van der Waals surface area contributed by atoms with Crippen LogP contribution in [0.3, 0.4) is 0 Å². The molecule has 0 amide bonds. The van der Waals surface area contributed by atoms with Gasteiger partial charge in [0.25, 0.3) is 0 Å². The largest absolute Gasteiger partial charge is 0.587 e. The predicted molar refractivity (Wildman–Crippen MR) is 126 cm³/mol. The fraction of sp³-hybridized carbons (Fsp3) is 0.167. The van der Waals surface area contributed by atoms with Crippen molar-refractivity contribution < 1.29 is 14.3 Å². The predicted octanol–water partition coefficient (Wildman–Crippen LogP) is 3.48. The second kappa shape index (κ2) is 9.09. The van der Waals surface area contributed by atoms with Crippen LogP contribution in [-0.2, 0) is 11.4 Å². The first-order valence-electron chi connectivity index (χ1n) is 10.1. The van der Waals surface area contributed by atoms with Crippen LogP contribution in [0.1, 0.15) is 25.0 Å². The van der Waals surface area contributed by atoms with Gasteiger partial charge in [-0.05, 0) is 56.1 Å². The molecular weight excluding hydrogens is 421 g/mol. The number of nitriles is 1. The first-order chi connectivity index (χ1) is 15.4. The van der Waals surface area contributed by atoms with Gasteiger partial charge in [0.05, 0.1) is 17.9 Å². The number of nitrogens with zero attached hydrogens (tertiary/aromatic N) is 3. The maximum Gasteiger partial charge on any atom is 0.328 e. The van der Waals surface area contributed by atoms with Gasteiger partial charge in [-0.2, -0.15) is 5.26 Å². The van der Waals surface area contributed by atoms with E-state index in [-0.39, 0.29) is 6.10 Å². The number of hydrogen-bond acceptors (Lipinski definition) is 5. The Labute approximate surface area is 190 Å². The van der Waals surface area contributed by atoms with E-state index < -0.39 is 11.4 Å². The first-order valence-corrected chi connectivity index (χ1v) is 11.2. The van der Waals surface area contributed by atoms with Gasteiger partial charge in [0.1, 0.15) is 23.2 Å². The molecule has 1 N–H and O–H groups in total. The zero-order chi connectivity index (χ0) is 22.8. The molecule has 0 fully saturated rings. The zero-order valence-corrected chi connectivity index (χ0v) is 18.8. The Morgan fingerprint density at radius 1 is 1.19 bits per heavy atom. The molecular formula is C24H21BN3O3S. The second-order valence-corrected chi connectivity index (χ2v) is 9.05. The van der Waals surface area contributed by atoms with E-state index in [4.69, 9.17) is 4.74 Å². The summed E-state index contributed by atoms with van der Waals surface area (Å²) in [6.45, 7) is 5.78. The maximum atomic E-state index is 13.4. The summed E-state index contributed by atoms with van der Waals surface area (Å²) < 4.78 is 20.7. The van der Waals surface area contributed by atoms with Crippen LogP contribution >= 0.6 is 0 Å². The summed E-state index contributed by atoms with van der Waals surface area (Å²) in [5.41, 5.74) is 4.05. The molecule has 4 rings (SSSR count). The third-order valence-electron chi connectivity index (χ3n) is 4.96. The zero-order valence-electron chi connectivity index (χ0n) is 17.9. The van der Waals surface area contributed by atoms with E-state index in [1.54, 1.807) is 28.4 Å². The number of aryl methyl sites for hydroxylation is 1. The summed E-state index contributed by atoms with van der Waals surface area (Å²) in [6, 6.07) is 16.8. The van der Waals surface area contributed by atoms with Crippen molar-refractivity contribution in [1.29, 1.82) is 5.26 Å². The van der Waals surface area contributed by atoms with Gasteiger partial charge in [0.15, 0.2) is 10.5 Å². The topological polar surface area (TPSA) is 94.1 Å². The molecule has 32 heavy (non-hydrogen) atoms. The van der Waals surface area contributed by atoms with E-state index in [0.29, 0.717) is 27.3 Å². The number of fused-ring (bicyclic) bond motifs is 1. The molecule has 159 valence electrons. The van der Waals surface area contributed by atoms with Gasteiger partial charge >= 0.3 is 7.48 Å². The monoisotopic (exact) mass is 442 g/mol. The van der Waals surface area contributed by atoms with E-state index in [9.17, 15) is 14.8 Å². The fourth-order valence-corrected chi connectivity index (χ4v) is 4.53. The molecule has 0 aliphatic rings. The SMILES string of the molecule is Cc1ccc([S+]([O-])n2cc(-c3ccc(OC(C)C)c(C#N)c3)c3cc([B]O)cnc32)cc1. The van der Waals surface area contributed by atoms with Gasteiger partial charge in [0, 0.05) is 17.1 Å². The smallest absolute Gasteiger partial charge is 0.328 e. The molecule has 0 spiro atoms. The summed E-state index contributed by atoms with van der Waals surface area (Å²) in [4.78, 5) is 5.10. The summed E-state index contributed by atoms with van der Waals surface area (Å²) in [5.74, 6) is 0.515. The molecule has 6 nitrogen and oxygen atoms in total. The molecule has 4 aromatic rings. The van der Waals surface area contributed by atoms with Crippen LogP contribution in [0.5, 0.6) is 5.75 Å². The molecule has 0 aliphatic heterocycles. The molecule has 0 saturated carbocycles. The summed E-state index contributed by atoms with van der Waals surface area (Å²) in [5, 5.41) is 19.8. The van der Waals surface area contributed by atoms with Crippen LogP contribution in [-0.4, -0.2) is 32.1 Å². The lowest BCUT2D eigenvalue weighted by Gasteiger charge is -2.12. The van der Waals surface area contributed by atoms with Gasteiger partial charge in [-0.25, -0.2) is 4.98 Å². The molecule has 2 aromatic heterocycles. The Balaban J connectivity index is 1.88. The lowest BCUT2D eigenvalue weighted by molar-refractivity contribution is 0.242.